The highest BCUT2D eigenvalue weighted by atomic mass is 16.6. The number of hydrogen-bond donors (Lipinski definition) is 3. The lowest BCUT2D eigenvalue weighted by Gasteiger charge is -2.31. The van der Waals surface area contributed by atoms with E-state index >= 15 is 0 Å². The fraction of sp³-hybridized carbons (Fsp3) is 0.682. The van der Waals surface area contributed by atoms with Crippen molar-refractivity contribution in [2.24, 2.45) is 11.3 Å². The van der Waals surface area contributed by atoms with Crippen LogP contribution in [0, 0.1) is 18.3 Å². The number of hydrazine groups is 1. The topological polar surface area (TPSA) is 143 Å². The minimum Gasteiger partial charge on any atom is -0.442 e. The lowest BCUT2D eigenvalue weighted by atomic mass is 9.87. The van der Waals surface area contributed by atoms with Gasteiger partial charge in [0.05, 0.1) is 12.5 Å². The van der Waals surface area contributed by atoms with E-state index in [2.05, 4.69) is 21.2 Å². The minimum atomic E-state index is -0.975. The Hall–Kier alpha value is -3.11. The zero-order valence-electron chi connectivity index (χ0n) is 20.4. The molecule has 2 heterocycles. The highest BCUT2D eigenvalue weighted by Gasteiger charge is 2.34. The maximum Gasteiger partial charge on any atom is 0.429 e. The lowest BCUT2D eigenvalue weighted by Crippen LogP contribution is -2.57. The summed E-state index contributed by atoms with van der Waals surface area (Å²) in [4.78, 5) is 50.7. The average Bonchev–Trinajstić information content (AvgIpc) is 3.26. The smallest absolute Gasteiger partial charge is 0.429 e. The van der Waals surface area contributed by atoms with Crippen LogP contribution in [-0.2, 0) is 14.3 Å². The van der Waals surface area contributed by atoms with Gasteiger partial charge in [0.15, 0.2) is 5.69 Å². The number of hydrogen-bond acceptors (Lipinski definition) is 7. The van der Waals surface area contributed by atoms with E-state index in [9.17, 15) is 19.2 Å². The number of rotatable bonds is 6. The van der Waals surface area contributed by atoms with Crippen molar-refractivity contribution < 1.29 is 28.4 Å². The Morgan fingerprint density at radius 1 is 1.27 bits per heavy atom. The Labute approximate surface area is 193 Å². The number of carbonyl (C=O) groups excluding carboxylic acids is 4. The number of amides is 4. The molecule has 11 nitrogen and oxygen atoms in total. The Bertz CT molecular complexity index is 883. The molecule has 0 bridgehead atoms. The van der Waals surface area contributed by atoms with Gasteiger partial charge in [0, 0.05) is 12.6 Å². The predicted molar refractivity (Wildman–Crippen MR) is 119 cm³/mol. The van der Waals surface area contributed by atoms with Gasteiger partial charge in [-0.25, -0.2) is 9.80 Å². The highest BCUT2D eigenvalue weighted by molar-refractivity contribution is 5.96. The molecule has 11 heteroatoms. The first-order valence-electron chi connectivity index (χ1n) is 11.0. The molecule has 1 aromatic heterocycles. The van der Waals surface area contributed by atoms with Crippen molar-refractivity contribution in [2.75, 3.05) is 13.1 Å². The Balaban J connectivity index is 2.20. The molecule has 0 aliphatic carbocycles. The summed E-state index contributed by atoms with van der Waals surface area (Å²) in [6.45, 7) is 13.0. The van der Waals surface area contributed by atoms with Crippen molar-refractivity contribution in [1.29, 1.82) is 0 Å². The average molecular weight is 466 g/mol. The molecule has 1 saturated heterocycles. The number of carbonyl (C=O) groups is 4. The first kappa shape index (κ1) is 26.1. The first-order chi connectivity index (χ1) is 15.1. The van der Waals surface area contributed by atoms with Crippen molar-refractivity contribution in [3.8, 4) is 0 Å². The van der Waals surface area contributed by atoms with Crippen LogP contribution in [0.4, 0.5) is 4.79 Å². The van der Waals surface area contributed by atoms with Crippen molar-refractivity contribution in [1.82, 2.24) is 26.2 Å². The third-order valence-corrected chi connectivity index (χ3v) is 4.72. The molecule has 0 spiro atoms. The number of aromatic nitrogens is 1. The molecule has 1 aromatic rings. The van der Waals surface area contributed by atoms with Crippen LogP contribution >= 0.6 is 0 Å². The molecule has 4 amide bonds. The van der Waals surface area contributed by atoms with Gasteiger partial charge in [0.25, 0.3) is 11.8 Å². The molecule has 2 rings (SSSR count). The van der Waals surface area contributed by atoms with Gasteiger partial charge >= 0.3 is 6.09 Å². The van der Waals surface area contributed by atoms with E-state index in [4.69, 9.17) is 9.26 Å². The molecule has 0 aromatic carbocycles. The Morgan fingerprint density at radius 2 is 1.94 bits per heavy atom. The van der Waals surface area contributed by atoms with Crippen LogP contribution in [0.15, 0.2) is 10.6 Å². The third-order valence-electron chi connectivity index (χ3n) is 4.72. The lowest BCUT2D eigenvalue weighted by molar-refractivity contribution is -0.130. The monoisotopic (exact) mass is 465 g/mol. The summed E-state index contributed by atoms with van der Waals surface area (Å²) in [5, 5.41) is 10.1. The first-order valence-corrected chi connectivity index (χ1v) is 11.0. The summed E-state index contributed by atoms with van der Waals surface area (Å²) in [6.07, 6.45) is 0.0262. The maximum atomic E-state index is 13.2. The van der Waals surface area contributed by atoms with Crippen molar-refractivity contribution in [3.05, 3.63) is 17.5 Å². The van der Waals surface area contributed by atoms with E-state index < -0.39 is 35.5 Å². The van der Waals surface area contributed by atoms with Crippen LogP contribution in [0.2, 0.25) is 0 Å². The van der Waals surface area contributed by atoms with Crippen LogP contribution in [-0.4, -0.2) is 58.7 Å². The summed E-state index contributed by atoms with van der Waals surface area (Å²) < 4.78 is 10.3. The second kappa shape index (κ2) is 10.2. The van der Waals surface area contributed by atoms with Crippen LogP contribution in [0.25, 0.3) is 0 Å². The molecule has 2 atom stereocenters. The van der Waals surface area contributed by atoms with Gasteiger partial charge in [0.1, 0.15) is 17.4 Å². The van der Waals surface area contributed by atoms with Gasteiger partial charge in [-0.3, -0.25) is 19.8 Å². The van der Waals surface area contributed by atoms with Gasteiger partial charge in [0.2, 0.25) is 5.91 Å². The largest absolute Gasteiger partial charge is 0.442 e. The van der Waals surface area contributed by atoms with Gasteiger partial charge in [-0.15, -0.1) is 0 Å². The number of nitrogens with one attached hydrogen (secondary N) is 3. The molecule has 3 N–H and O–H groups in total. The van der Waals surface area contributed by atoms with E-state index in [1.165, 1.54) is 6.07 Å². The standard InChI is InChI=1S/C22H35N5O6/c1-13-10-15(26-33-13)18(29)24-16(11-21(2,3)4)19(30)25-27(20(31)32-22(5,6)7)12-14-8-9-23-17(14)28/h10,14,16H,8-9,11-12H2,1-7H3,(H,23,28)(H,24,29)(H,25,30)/t14-,16-/m0/s1. The van der Waals surface area contributed by atoms with E-state index in [0.717, 1.165) is 5.01 Å². The minimum absolute atomic E-state index is 0.0471. The summed E-state index contributed by atoms with van der Waals surface area (Å²) in [5.41, 5.74) is 1.47. The maximum absolute atomic E-state index is 13.2. The molecule has 0 saturated carbocycles. The SMILES string of the molecule is Cc1cc(C(=O)N[C@@H](CC(C)(C)C)C(=O)NN(C[C@@H]2CCNC2=O)C(=O)OC(C)(C)C)no1. The third kappa shape index (κ3) is 8.39. The fourth-order valence-electron chi connectivity index (χ4n) is 3.26. The van der Waals surface area contributed by atoms with E-state index in [1.807, 2.05) is 20.8 Å². The number of ether oxygens (including phenoxy) is 1. The van der Waals surface area contributed by atoms with Crippen molar-refractivity contribution >= 4 is 23.8 Å². The number of nitrogens with zero attached hydrogens (tertiary/aromatic N) is 2. The second-order valence-corrected chi connectivity index (χ2v) is 10.5. The molecule has 184 valence electrons. The van der Waals surface area contributed by atoms with Gasteiger partial charge in [-0.1, -0.05) is 25.9 Å². The van der Waals surface area contributed by atoms with E-state index in [1.54, 1.807) is 27.7 Å². The Kier molecular flexibility index (Phi) is 8.10. The summed E-state index contributed by atoms with van der Waals surface area (Å²) in [5.74, 6) is -1.40. The Morgan fingerprint density at radius 3 is 2.42 bits per heavy atom. The molecule has 1 aliphatic heterocycles. The van der Waals surface area contributed by atoms with E-state index in [0.29, 0.717) is 18.7 Å². The van der Waals surface area contributed by atoms with Gasteiger partial charge in [-0.2, -0.15) is 0 Å². The highest BCUT2D eigenvalue weighted by Crippen LogP contribution is 2.22. The number of aryl methyl sites for hydroxylation is 1. The molecule has 0 radical (unpaired) electrons. The summed E-state index contributed by atoms with van der Waals surface area (Å²) in [7, 11) is 0. The van der Waals surface area contributed by atoms with Crippen LogP contribution < -0.4 is 16.1 Å². The van der Waals surface area contributed by atoms with Crippen LogP contribution in [0.5, 0.6) is 0 Å². The van der Waals surface area contributed by atoms with Crippen molar-refractivity contribution in [3.63, 3.8) is 0 Å². The molecule has 1 aliphatic rings. The zero-order valence-corrected chi connectivity index (χ0v) is 20.4. The van der Waals surface area contributed by atoms with Crippen LogP contribution in [0.3, 0.4) is 0 Å². The van der Waals surface area contributed by atoms with Crippen LogP contribution in [0.1, 0.15) is 70.6 Å². The summed E-state index contributed by atoms with van der Waals surface area (Å²) in [6, 6.07) is 0.490. The molecule has 33 heavy (non-hydrogen) atoms. The fourth-order valence-corrected chi connectivity index (χ4v) is 3.26. The normalized spacial score (nSPS) is 17.2. The predicted octanol–water partition coefficient (Wildman–Crippen LogP) is 1.92. The second-order valence-electron chi connectivity index (χ2n) is 10.5. The molecular weight excluding hydrogens is 430 g/mol. The summed E-state index contributed by atoms with van der Waals surface area (Å²) >= 11 is 0. The molecule has 0 unspecified atom stereocenters. The quantitative estimate of drug-likeness (QED) is 0.545. The van der Waals surface area contributed by atoms with Crippen molar-refractivity contribution in [2.45, 2.75) is 73.0 Å². The molecule has 1 fully saturated rings. The van der Waals surface area contributed by atoms with E-state index in [-0.39, 0.29) is 30.0 Å². The van der Waals surface area contributed by atoms with Gasteiger partial charge < -0.3 is 19.9 Å². The zero-order chi connectivity index (χ0) is 25.0. The van der Waals surface area contributed by atoms with Gasteiger partial charge in [-0.05, 0) is 46.0 Å². The molecular formula is C22H35N5O6.